The average molecular weight is 421 g/mol. The number of rotatable bonds is 21. The standard InChI is InChI=1S/C27H48O3/c1-3-5-7-9-10-11-12-13-14-15-16-17-18-19-21-23-27(29)30-25-24-26(28)22-20-8-6-4-2/h5,7,10-11,13-14,26,28H,3-4,6,8-9,12,15-25H2,1-2H3/b7-5-,11-10-,14-13-. The third-order valence-corrected chi connectivity index (χ3v) is 5.14. The van der Waals surface area contributed by atoms with Crippen LogP contribution in [0.1, 0.15) is 117 Å². The molecule has 0 saturated heterocycles. The molecule has 1 N–H and O–H groups in total. The van der Waals surface area contributed by atoms with Crippen LogP contribution in [0.3, 0.4) is 0 Å². The van der Waals surface area contributed by atoms with Crippen LogP contribution in [0, 0.1) is 0 Å². The molecule has 0 aliphatic heterocycles. The van der Waals surface area contributed by atoms with Crippen LogP contribution in [0.25, 0.3) is 0 Å². The van der Waals surface area contributed by atoms with Gasteiger partial charge in [0.05, 0.1) is 12.7 Å². The summed E-state index contributed by atoms with van der Waals surface area (Å²) in [5.41, 5.74) is 0. The highest BCUT2D eigenvalue weighted by Gasteiger charge is 2.07. The third kappa shape index (κ3) is 22.9. The monoisotopic (exact) mass is 420 g/mol. The number of allylic oxidation sites excluding steroid dienone is 6. The summed E-state index contributed by atoms with van der Waals surface area (Å²) >= 11 is 0. The number of carbonyl (C=O) groups excluding carboxylic acids is 1. The molecule has 0 aliphatic rings. The number of esters is 1. The molecule has 0 fully saturated rings. The molecule has 0 amide bonds. The number of aliphatic hydroxyl groups excluding tert-OH is 1. The first kappa shape index (κ1) is 28.6. The van der Waals surface area contributed by atoms with Gasteiger partial charge in [-0.05, 0) is 44.9 Å². The zero-order valence-electron chi connectivity index (χ0n) is 19.8. The van der Waals surface area contributed by atoms with Gasteiger partial charge in [-0.2, -0.15) is 0 Å². The molecule has 1 atom stereocenters. The molecule has 3 heteroatoms. The summed E-state index contributed by atoms with van der Waals surface area (Å²) in [5.74, 6) is -0.116. The Balaban J connectivity index is 3.38. The van der Waals surface area contributed by atoms with Crippen molar-refractivity contribution in [2.45, 2.75) is 123 Å². The number of hydrogen-bond donors (Lipinski definition) is 1. The molecule has 0 radical (unpaired) electrons. The van der Waals surface area contributed by atoms with Crippen LogP contribution in [-0.2, 0) is 9.53 Å². The lowest BCUT2D eigenvalue weighted by molar-refractivity contribution is -0.144. The summed E-state index contributed by atoms with van der Waals surface area (Å²) in [6, 6.07) is 0. The van der Waals surface area contributed by atoms with Gasteiger partial charge in [-0.3, -0.25) is 4.79 Å². The highest BCUT2D eigenvalue weighted by atomic mass is 16.5. The largest absolute Gasteiger partial charge is 0.466 e. The summed E-state index contributed by atoms with van der Waals surface area (Å²) in [6.45, 7) is 4.69. The average Bonchev–Trinajstić information content (AvgIpc) is 2.74. The summed E-state index contributed by atoms with van der Waals surface area (Å²) in [5, 5.41) is 9.88. The molecule has 0 saturated carbocycles. The van der Waals surface area contributed by atoms with E-state index in [9.17, 15) is 9.90 Å². The van der Waals surface area contributed by atoms with E-state index >= 15 is 0 Å². The summed E-state index contributed by atoms with van der Waals surface area (Å²) in [7, 11) is 0. The highest BCUT2D eigenvalue weighted by molar-refractivity contribution is 5.69. The topological polar surface area (TPSA) is 46.5 Å². The first-order valence-electron chi connectivity index (χ1n) is 12.5. The minimum atomic E-state index is -0.331. The summed E-state index contributed by atoms with van der Waals surface area (Å²) < 4.78 is 5.24. The molecule has 0 aliphatic carbocycles. The fourth-order valence-corrected chi connectivity index (χ4v) is 3.22. The van der Waals surface area contributed by atoms with Crippen LogP contribution in [0.5, 0.6) is 0 Å². The number of hydrogen-bond acceptors (Lipinski definition) is 3. The molecule has 0 bridgehead atoms. The van der Waals surface area contributed by atoms with Gasteiger partial charge in [-0.25, -0.2) is 0 Å². The van der Waals surface area contributed by atoms with Gasteiger partial charge in [-0.15, -0.1) is 0 Å². The van der Waals surface area contributed by atoms with Gasteiger partial charge < -0.3 is 9.84 Å². The minimum Gasteiger partial charge on any atom is -0.466 e. The van der Waals surface area contributed by atoms with E-state index in [-0.39, 0.29) is 12.1 Å². The molecule has 0 heterocycles. The molecule has 0 aromatic carbocycles. The first-order chi connectivity index (χ1) is 14.7. The summed E-state index contributed by atoms with van der Waals surface area (Å²) in [4.78, 5) is 11.7. The molecule has 1 unspecified atom stereocenters. The van der Waals surface area contributed by atoms with Gasteiger partial charge in [-0.1, -0.05) is 95.2 Å². The van der Waals surface area contributed by atoms with Gasteiger partial charge >= 0.3 is 5.97 Å². The Kier molecular flexibility index (Phi) is 22.8. The lowest BCUT2D eigenvalue weighted by Gasteiger charge is -2.10. The maximum absolute atomic E-state index is 11.7. The van der Waals surface area contributed by atoms with Crippen LogP contribution < -0.4 is 0 Å². The Morgan fingerprint density at radius 1 is 0.767 bits per heavy atom. The lowest BCUT2D eigenvalue weighted by Crippen LogP contribution is -2.13. The van der Waals surface area contributed by atoms with Crippen molar-refractivity contribution < 1.29 is 14.6 Å². The SMILES string of the molecule is CC/C=C\C/C=C\C/C=C\CCCCCCCC(=O)OCCC(O)CCCCCC. The first-order valence-corrected chi connectivity index (χ1v) is 12.5. The Labute approximate surface area is 186 Å². The molecular formula is C27H48O3. The molecule has 0 rings (SSSR count). The Morgan fingerprint density at radius 2 is 1.40 bits per heavy atom. The second-order valence-electron chi connectivity index (χ2n) is 8.11. The fraction of sp³-hybridized carbons (Fsp3) is 0.741. The quantitative estimate of drug-likeness (QED) is 0.117. The predicted molar refractivity (Wildman–Crippen MR) is 130 cm³/mol. The number of unbranched alkanes of at least 4 members (excludes halogenated alkanes) is 8. The fourth-order valence-electron chi connectivity index (χ4n) is 3.22. The zero-order chi connectivity index (χ0) is 22.1. The van der Waals surface area contributed by atoms with Crippen LogP contribution in [0.4, 0.5) is 0 Å². The van der Waals surface area contributed by atoms with Crippen molar-refractivity contribution in [3.05, 3.63) is 36.5 Å². The van der Waals surface area contributed by atoms with E-state index in [1.54, 1.807) is 0 Å². The molecule has 0 aromatic heterocycles. The van der Waals surface area contributed by atoms with Gasteiger partial charge in [0.1, 0.15) is 0 Å². The maximum atomic E-state index is 11.7. The minimum absolute atomic E-state index is 0.116. The predicted octanol–water partition coefficient (Wildman–Crippen LogP) is 7.84. The molecule has 0 spiro atoms. The van der Waals surface area contributed by atoms with E-state index in [0.717, 1.165) is 51.4 Å². The number of ether oxygens (including phenoxy) is 1. The van der Waals surface area contributed by atoms with Crippen molar-refractivity contribution in [1.82, 2.24) is 0 Å². The van der Waals surface area contributed by atoms with E-state index in [1.807, 2.05) is 0 Å². The van der Waals surface area contributed by atoms with E-state index in [4.69, 9.17) is 4.74 Å². The normalized spacial score (nSPS) is 13.0. The second kappa shape index (κ2) is 23.9. The molecule has 3 nitrogen and oxygen atoms in total. The van der Waals surface area contributed by atoms with Crippen LogP contribution in [0.15, 0.2) is 36.5 Å². The van der Waals surface area contributed by atoms with Crippen molar-refractivity contribution in [3.63, 3.8) is 0 Å². The van der Waals surface area contributed by atoms with E-state index in [0.29, 0.717) is 19.4 Å². The van der Waals surface area contributed by atoms with Crippen molar-refractivity contribution in [3.8, 4) is 0 Å². The van der Waals surface area contributed by atoms with Crippen LogP contribution >= 0.6 is 0 Å². The molecule has 174 valence electrons. The van der Waals surface area contributed by atoms with Crippen LogP contribution in [0.2, 0.25) is 0 Å². The van der Waals surface area contributed by atoms with Crippen molar-refractivity contribution in [2.75, 3.05) is 6.61 Å². The van der Waals surface area contributed by atoms with E-state index < -0.39 is 0 Å². The van der Waals surface area contributed by atoms with Gasteiger partial charge in [0, 0.05) is 12.8 Å². The zero-order valence-corrected chi connectivity index (χ0v) is 19.8. The Morgan fingerprint density at radius 3 is 2.13 bits per heavy atom. The lowest BCUT2D eigenvalue weighted by atomic mass is 10.1. The van der Waals surface area contributed by atoms with Gasteiger partial charge in [0.15, 0.2) is 0 Å². The summed E-state index contributed by atoms with van der Waals surface area (Å²) in [6.07, 6.45) is 29.6. The van der Waals surface area contributed by atoms with Gasteiger partial charge in [0.2, 0.25) is 0 Å². The van der Waals surface area contributed by atoms with Crippen molar-refractivity contribution in [1.29, 1.82) is 0 Å². The number of aliphatic hydroxyl groups is 1. The van der Waals surface area contributed by atoms with Crippen molar-refractivity contribution in [2.24, 2.45) is 0 Å². The molecule has 30 heavy (non-hydrogen) atoms. The highest BCUT2D eigenvalue weighted by Crippen LogP contribution is 2.10. The van der Waals surface area contributed by atoms with E-state index in [2.05, 4.69) is 50.3 Å². The van der Waals surface area contributed by atoms with Gasteiger partial charge in [0.25, 0.3) is 0 Å². The smallest absolute Gasteiger partial charge is 0.305 e. The second-order valence-corrected chi connectivity index (χ2v) is 8.11. The molecular weight excluding hydrogens is 372 g/mol. The van der Waals surface area contributed by atoms with E-state index in [1.165, 1.54) is 38.5 Å². The van der Waals surface area contributed by atoms with Crippen molar-refractivity contribution >= 4 is 5.97 Å². The number of carbonyl (C=O) groups is 1. The Hall–Kier alpha value is -1.35. The third-order valence-electron chi connectivity index (χ3n) is 5.14. The maximum Gasteiger partial charge on any atom is 0.305 e. The molecule has 0 aromatic rings. The van der Waals surface area contributed by atoms with Crippen LogP contribution in [-0.4, -0.2) is 23.8 Å². The Bertz CT molecular complexity index is 451.